The van der Waals surface area contributed by atoms with Gasteiger partial charge in [-0.2, -0.15) is 0 Å². The molecule has 0 saturated carbocycles. The van der Waals surface area contributed by atoms with Crippen LogP contribution in [0.2, 0.25) is 0 Å². The van der Waals surface area contributed by atoms with Gasteiger partial charge in [0, 0.05) is 19.3 Å². The molecule has 0 heterocycles. The molecule has 0 aromatic rings. The lowest BCUT2D eigenvalue weighted by atomic mass is 10.0. The van der Waals surface area contributed by atoms with Crippen LogP contribution in [-0.4, -0.2) is 37.2 Å². The van der Waals surface area contributed by atoms with Gasteiger partial charge in [-0.25, -0.2) is 0 Å². The molecule has 0 aliphatic rings. The van der Waals surface area contributed by atoms with E-state index in [1.54, 1.807) is 0 Å². The summed E-state index contributed by atoms with van der Waals surface area (Å²) >= 11 is 0. The van der Waals surface area contributed by atoms with Gasteiger partial charge in [-0.15, -0.1) is 0 Å². The Hall–Kier alpha value is -3.15. The van der Waals surface area contributed by atoms with Crippen molar-refractivity contribution in [2.75, 3.05) is 13.2 Å². The summed E-state index contributed by atoms with van der Waals surface area (Å²) in [5.41, 5.74) is 0. The summed E-state index contributed by atoms with van der Waals surface area (Å²) in [6.45, 7) is 6.54. The summed E-state index contributed by atoms with van der Waals surface area (Å²) < 4.78 is 16.9. The van der Waals surface area contributed by atoms with Crippen LogP contribution in [0.25, 0.3) is 0 Å². The molecular formula is C68H120O6. The summed E-state index contributed by atoms with van der Waals surface area (Å²) in [4.78, 5) is 38.2. The second-order valence-corrected chi connectivity index (χ2v) is 21.3. The highest BCUT2D eigenvalue weighted by atomic mass is 16.6. The Morgan fingerprint density at radius 1 is 0.284 bits per heavy atom. The van der Waals surface area contributed by atoms with Crippen LogP contribution in [0.3, 0.4) is 0 Å². The van der Waals surface area contributed by atoms with E-state index in [4.69, 9.17) is 14.2 Å². The van der Waals surface area contributed by atoms with E-state index in [1.165, 1.54) is 186 Å². The molecule has 428 valence electrons. The molecule has 74 heavy (non-hydrogen) atoms. The van der Waals surface area contributed by atoms with Gasteiger partial charge in [-0.1, -0.05) is 286 Å². The monoisotopic (exact) mass is 1030 g/mol. The first-order valence-electron chi connectivity index (χ1n) is 31.9. The van der Waals surface area contributed by atoms with Crippen molar-refractivity contribution >= 4 is 17.9 Å². The molecule has 1 atom stereocenters. The summed E-state index contributed by atoms with van der Waals surface area (Å²) in [5.74, 6) is -0.870. The van der Waals surface area contributed by atoms with Crippen molar-refractivity contribution in [2.45, 2.75) is 329 Å². The Morgan fingerprint density at radius 3 is 0.838 bits per heavy atom. The number of carbonyl (C=O) groups is 3. The summed E-state index contributed by atoms with van der Waals surface area (Å²) in [6, 6.07) is 0. The topological polar surface area (TPSA) is 78.9 Å². The number of rotatable bonds is 58. The maximum atomic E-state index is 12.9. The summed E-state index contributed by atoms with van der Waals surface area (Å²) in [7, 11) is 0. The standard InChI is InChI=1S/C68H120O6/c1-4-7-10-13-16-19-22-24-26-28-29-30-31-32-33-34-35-36-37-38-39-40-42-43-46-49-52-55-58-61-67(70)73-64-65(63-72-66(69)60-57-54-51-48-45-21-18-15-12-9-6-3)74-68(71)62-59-56-53-50-47-44-41-27-25-23-20-17-14-11-8-5-2/h7,10,16,19,24,26-27,29-30,32-33,41,65H,4-6,8-9,11-15,17-18,20-23,25,28,31,34-40,42-64H2,1-3H3/b10-7-,19-16-,26-24-,30-29-,33-32-,41-27-. The second-order valence-electron chi connectivity index (χ2n) is 21.3. The lowest BCUT2D eigenvalue weighted by molar-refractivity contribution is -0.167. The zero-order valence-corrected chi connectivity index (χ0v) is 49.1. The lowest BCUT2D eigenvalue weighted by Gasteiger charge is -2.18. The number of hydrogen-bond acceptors (Lipinski definition) is 6. The molecule has 0 aromatic carbocycles. The van der Waals surface area contributed by atoms with Crippen molar-refractivity contribution in [3.8, 4) is 0 Å². The Balaban J connectivity index is 4.20. The van der Waals surface area contributed by atoms with E-state index in [2.05, 4.69) is 93.7 Å². The molecule has 0 aliphatic heterocycles. The first-order valence-corrected chi connectivity index (χ1v) is 31.9. The molecule has 0 amide bonds. The molecule has 0 spiro atoms. The average Bonchev–Trinajstić information content (AvgIpc) is 3.40. The zero-order valence-electron chi connectivity index (χ0n) is 49.1. The molecule has 0 aromatic heterocycles. The number of esters is 3. The highest BCUT2D eigenvalue weighted by Crippen LogP contribution is 2.17. The maximum Gasteiger partial charge on any atom is 0.306 e. The quantitative estimate of drug-likeness (QED) is 0.0261. The third-order valence-corrected chi connectivity index (χ3v) is 13.9. The number of unbranched alkanes of at least 4 members (excludes halogenated alkanes) is 35. The largest absolute Gasteiger partial charge is 0.462 e. The average molecular weight is 1030 g/mol. The molecule has 0 bridgehead atoms. The van der Waals surface area contributed by atoms with Crippen LogP contribution >= 0.6 is 0 Å². The predicted octanol–water partition coefficient (Wildman–Crippen LogP) is 21.7. The van der Waals surface area contributed by atoms with Crippen LogP contribution in [-0.2, 0) is 28.6 Å². The number of carbonyl (C=O) groups excluding carboxylic acids is 3. The number of hydrogen-bond donors (Lipinski definition) is 0. The van der Waals surface area contributed by atoms with E-state index >= 15 is 0 Å². The van der Waals surface area contributed by atoms with Gasteiger partial charge >= 0.3 is 17.9 Å². The Bertz CT molecular complexity index is 1370. The van der Waals surface area contributed by atoms with Gasteiger partial charge in [-0.05, 0) is 89.9 Å². The summed E-state index contributed by atoms with van der Waals surface area (Å²) in [6.07, 6.45) is 80.6. The maximum absolute atomic E-state index is 12.9. The first-order chi connectivity index (χ1) is 36.5. The lowest BCUT2D eigenvalue weighted by Crippen LogP contribution is -2.30. The van der Waals surface area contributed by atoms with Crippen molar-refractivity contribution < 1.29 is 28.6 Å². The van der Waals surface area contributed by atoms with Crippen LogP contribution in [0.1, 0.15) is 323 Å². The fourth-order valence-corrected chi connectivity index (χ4v) is 9.17. The van der Waals surface area contributed by atoms with E-state index in [1.807, 2.05) is 0 Å². The molecule has 0 rings (SSSR count). The van der Waals surface area contributed by atoms with Crippen molar-refractivity contribution in [3.63, 3.8) is 0 Å². The van der Waals surface area contributed by atoms with E-state index in [9.17, 15) is 14.4 Å². The Labute approximate surface area is 459 Å². The van der Waals surface area contributed by atoms with Gasteiger partial charge in [0.15, 0.2) is 6.10 Å². The van der Waals surface area contributed by atoms with Crippen LogP contribution in [0.4, 0.5) is 0 Å². The molecule has 0 radical (unpaired) electrons. The van der Waals surface area contributed by atoms with E-state index in [0.29, 0.717) is 19.3 Å². The van der Waals surface area contributed by atoms with E-state index in [0.717, 1.165) is 96.3 Å². The Kier molecular flexibility index (Phi) is 59.7. The fraction of sp³-hybridized carbons (Fsp3) is 0.779. The highest BCUT2D eigenvalue weighted by molar-refractivity contribution is 5.71. The molecule has 6 nitrogen and oxygen atoms in total. The molecule has 1 unspecified atom stereocenters. The molecule has 0 N–H and O–H groups in total. The van der Waals surface area contributed by atoms with Crippen molar-refractivity contribution in [1.82, 2.24) is 0 Å². The minimum Gasteiger partial charge on any atom is -0.462 e. The van der Waals surface area contributed by atoms with Gasteiger partial charge in [0.1, 0.15) is 13.2 Å². The highest BCUT2D eigenvalue weighted by Gasteiger charge is 2.19. The molecule has 6 heteroatoms. The van der Waals surface area contributed by atoms with Crippen LogP contribution in [0, 0.1) is 0 Å². The van der Waals surface area contributed by atoms with Crippen LogP contribution in [0.15, 0.2) is 72.9 Å². The van der Waals surface area contributed by atoms with E-state index < -0.39 is 6.10 Å². The second kappa shape index (κ2) is 62.4. The van der Waals surface area contributed by atoms with Gasteiger partial charge in [0.25, 0.3) is 0 Å². The predicted molar refractivity (Wildman–Crippen MR) is 321 cm³/mol. The third kappa shape index (κ3) is 59.7. The zero-order chi connectivity index (χ0) is 53.6. The molecular weight excluding hydrogens is 913 g/mol. The third-order valence-electron chi connectivity index (χ3n) is 13.9. The van der Waals surface area contributed by atoms with Crippen LogP contribution in [0.5, 0.6) is 0 Å². The van der Waals surface area contributed by atoms with Crippen LogP contribution < -0.4 is 0 Å². The number of ether oxygens (including phenoxy) is 3. The normalized spacial score (nSPS) is 12.5. The minimum absolute atomic E-state index is 0.0746. The van der Waals surface area contributed by atoms with Gasteiger partial charge in [0.05, 0.1) is 0 Å². The molecule has 0 fully saturated rings. The first kappa shape index (κ1) is 70.8. The van der Waals surface area contributed by atoms with Gasteiger partial charge in [0.2, 0.25) is 0 Å². The Morgan fingerprint density at radius 2 is 0.527 bits per heavy atom. The van der Waals surface area contributed by atoms with E-state index in [-0.39, 0.29) is 31.1 Å². The smallest absolute Gasteiger partial charge is 0.306 e. The van der Waals surface area contributed by atoms with Gasteiger partial charge in [-0.3, -0.25) is 14.4 Å². The SMILES string of the molecule is CC/C=C\C/C=C\C/C=C\C/C=C\C/C=C\CCCCCCCCCCCCCCCC(=O)OCC(COC(=O)CCCCCCCCCCCCC)OC(=O)CCCCCCC/C=C\CCCCCCCCC. The van der Waals surface area contributed by atoms with Crippen molar-refractivity contribution in [2.24, 2.45) is 0 Å². The molecule has 0 saturated heterocycles. The van der Waals surface area contributed by atoms with Crippen molar-refractivity contribution in [3.05, 3.63) is 72.9 Å². The summed E-state index contributed by atoms with van der Waals surface area (Å²) in [5, 5.41) is 0. The fourth-order valence-electron chi connectivity index (χ4n) is 9.17. The molecule has 0 aliphatic carbocycles. The van der Waals surface area contributed by atoms with Gasteiger partial charge < -0.3 is 14.2 Å². The van der Waals surface area contributed by atoms with Crippen molar-refractivity contribution in [1.29, 1.82) is 0 Å². The minimum atomic E-state index is -0.777. The number of allylic oxidation sites excluding steroid dienone is 12.